The van der Waals surface area contributed by atoms with Gasteiger partial charge in [0.15, 0.2) is 0 Å². The Labute approximate surface area is 118 Å². The molecule has 0 saturated heterocycles. The highest BCUT2D eigenvalue weighted by Crippen LogP contribution is 2.25. The quantitative estimate of drug-likeness (QED) is 0.801. The molecule has 0 bridgehead atoms. The molecule has 0 aromatic heterocycles. The summed E-state index contributed by atoms with van der Waals surface area (Å²) in [7, 11) is 1.75. The van der Waals surface area contributed by atoms with E-state index in [9.17, 15) is 0 Å². The van der Waals surface area contributed by atoms with Crippen molar-refractivity contribution >= 4 is 0 Å². The monoisotopic (exact) mass is 263 g/mol. The van der Waals surface area contributed by atoms with Gasteiger partial charge in [0.2, 0.25) is 0 Å². The van der Waals surface area contributed by atoms with Crippen molar-refractivity contribution in [2.24, 2.45) is 5.41 Å². The standard InChI is InChI=1S/C17H29NO/c1-6-18-16(17(2,3)4)13-9-11-14-10-7-8-12-15(14)19-5/h7-8,10,12,16,18H,6,9,11,13H2,1-5H3. The van der Waals surface area contributed by atoms with Gasteiger partial charge in [-0.2, -0.15) is 0 Å². The number of para-hydroxylation sites is 1. The third kappa shape index (κ3) is 5.23. The number of ether oxygens (including phenoxy) is 1. The van der Waals surface area contributed by atoms with Crippen molar-refractivity contribution in [1.29, 1.82) is 0 Å². The molecule has 0 heterocycles. The van der Waals surface area contributed by atoms with E-state index in [0.29, 0.717) is 11.5 Å². The lowest BCUT2D eigenvalue weighted by atomic mass is 9.83. The van der Waals surface area contributed by atoms with E-state index in [4.69, 9.17) is 4.74 Å². The van der Waals surface area contributed by atoms with Crippen LogP contribution >= 0.6 is 0 Å². The number of hydrogen-bond donors (Lipinski definition) is 1. The number of nitrogens with one attached hydrogen (secondary N) is 1. The summed E-state index contributed by atoms with van der Waals surface area (Å²) in [6.07, 6.45) is 3.48. The highest BCUT2D eigenvalue weighted by molar-refractivity contribution is 5.33. The van der Waals surface area contributed by atoms with Crippen molar-refractivity contribution in [3.63, 3.8) is 0 Å². The van der Waals surface area contributed by atoms with Gasteiger partial charge in [0.25, 0.3) is 0 Å². The first-order valence-corrected chi connectivity index (χ1v) is 7.34. The van der Waals surface area contributed by atoms with Crippen LogP contribution in [0.4, 0.5) is 0 Å². The lowest BCUT2D eigenvalue weighted by molar-refractivity contribution is 0.254. The second-order valence-electron chi connectivity index (χ2n) is 6.18. The molecular weight excluding hydrogens is 234 g/mol. The molecular formula is C17H29NO. The van der Waals surface area contributed by atoms with Gasteiger partial charge < -0.3 is 10.1 Å². The fourth-order valence-corrected chi connectivity index (χ4v) is 2.49. The molecule has 0 fully saturated rings. The summed E-state index contributed by atoms with van der Waals surface area (Å²) in [6, 6.07) is 8.90. The van der Waals surface area contributed by atoms with Crippen LogP contribution in [0.5, 0.6) is 5.75 Å². The summed E-state index contributed by atoms with van der Waals surface area (Å²) in [4.78, 5) is 0. The van der Waals surface area contributed by atoms with Gasteiger partial charge in [-0.15, -0.1) is 0 Å². The minimum Gasteiger partial charge on any atom is -0.496 e. The fourth-order valence-electron chi connectivity index (χ4n) is 2.49. The fraction of sp³-hybridized carbons (Fsp3) is 0.647. The Morgan fingerprint density at radius 2 is 1.89 bits per heavy atom. The van der Waals surface area contributed by atoms with Crippen LogP contribution in [0.2, 0.25) is 0 Å². The summed E-state index contributed by atoms with van der Waals surface area (Å²) in [6.45, 7) is 10.1. The molecule has 0 amide bonds. The summed E-state index contributed by atoms with van der Waals surface area (Å²) in [5.74, 6) is 1.01. The SMILES string of the molecule is CCNC(CCCc1ccccc1OC)C(C)(C)C. The van der Waals surface area contributed by atoms with Gasteiger partial charge in [-0.05, 0) is 42.9 Å². The maximum absolute atomic E-state index is 5.40. The van der Waals surface area contributed by atoms with Gasteiger partial charge in [0.1, 0.15) is 5.75 Å². The molecule has 0 spiro atoms. The van der Waals surface area contributed by atoms with Crippen molar-refractivity contribution in [2.75, 3.05) is 13.7 Å². The van der Waals surface area contributed by atoms with Gasteiger partial charge in [-0.1, -0.05) is 45.9 Å². The molecule has 0 aliphatic carbocycles. The Kier molecular flexibility index (Phi) is 6.36. The molecule has 0 radical (unpaired) electrons. The number of benzene rings is 1. The molecule has 1 unspecified atom stereocenters. The molecule has 2 nitrogen and oxygen atoms in total. The third-order valence-corrected chi connectivity index (χ3v) is 3.63. The van der Waals surface area contributed by atoms with Gasteiger partial charge in [0.05, 0.1) is 7.11 Å². The van der Waals surface area contributed by atoms with Crippen LogP contribution in [-0.2, 0) is 6.42 Å². The first-order chi connectivity index (χ1) is 8.99. The van der Waals surface area contributed by atoms with E-state index in [1.807, 2.05) is 12.1 Å². The van der Waals surface area contributed by atoms with Crippen molar-refractivity contribution in [1.82, 2.24) is 5.32 Å². The van der Waals surface area contributed by atoms with Crippen molar-refractivity contribution in [3.8, 4) is 5.75 Å². The van der Waals surface area contributed by atoms with E-state index in [1.165, 1.54) is 18.4 Å². The van der Waals surface area contributed by atoms with E-state index >= 15 is 0 Å². The van der Waals surface area contributed by atoms with Crippen LogP contribution in [0.1, 0.15) is 46.1 Å². The largest absolute Gasteiger partial charge is 0.496 e. The molecule has 2 heteroatoms. The van der Waals surface area contributed by atoms with Crippen LogP contribution < -0.4 is 10.1 Å². The molecule has 1 atom stereocenters. The number of hydrogen-bond acceptors (Lipinski definition) is 2. The summed E-state index contributed by atoms with van der Waals surface area (Å²) in [5.41, 5.74) is 1.63. The Balaban J connectivity index is 2.52. The van der Waals surface area contributed by atoms with Gasteiger partial charge in [-0.3, -0.25) is 0 Å². The van der Waals surface area contributed by atoms with E-state index in [0.717, 1.165) is 18.7 Å². The maximum Gasteiger partial charge on any atom is 0.122 e. The molecule has 0 saturated carbocycles. The van der Waals surface area contributed by atoms with E-state index < -0.39 is 0 Å². The Morgan fingerprint density at radius 1 is 1.21 bits per heavy atom. The molecule has 0 aliphatic heterocycles. The maximum atomic E-state index is 5.40. The number of methoxy groups -OCH3 is 1. The summed E-state index contributed by atoms with van der Waals surface area (Å²) >= 11 is 0. The zero-order valence-electron chi connectivity index (χ0n) is 13.1. The second-order valence-corrected chi connectivity index (χ2v) is 6.18. The minimum absolute atomic E-state index is 0.316. The van der Waals surface area contributed by atoms with Crippen LogP contribution in [0, 0.1) is 5.41 Å². The van der Waals surface area contributed by atoms with E-state index in [-0.39, 0.29) is 0 Å². The minimum atomic E-state index is 0.316. The summed E-state index contributed by atoms with van der Waals surface area (Å²) in [5, 5.41) is 3.61. The van der Waals surface area contributed by atoms with Crippen molar-refractivity contribution in [2.45, 2.75) is 53.0 Å². The predicted octanol–water partition coefficient (Wildman–Crippen LogP) is 4.04. The zero-order valence-corrected chi connectivity index (χ0v) is 13.1. The molecule has 1 aromatic rings. The van der Waals surface area contributed by atoms with Crippen molar-refractivity contribution < 1.29 is 4.74 Å². The molecule has 0 aliphatic rings. The molecule has 1 rings (SSSR count). The first-order valence-electron chi connectivity index (χ1n) is 7.34. The van der Waals surface area contributed by atoms with Crippen molar-refractivity contribution in [3.05, 3.63) is 29.8 Å². The predicted molar refractivity (Wildman–Crippen MR) is 82.9 cm³/mol. The normalized spacial score (nSPS) is 13.3. The second kappa shape index (κ2) is 7.54. The lowest BCUT2D eigenvalue weighted by Crippen LogP contribution is -2.40. The average Bonchev–Trinajstić information content (AvgIpc) is 2.37. The Morgan fingerprint density at radius 3 is 2.47 bits per heavy atom. The zero-order chi connectivity index (χ0) is 14.3. The third-order valence-electron chi connectivity index (χ3n) is 3.63. The van der Waals surface area contributed by atoms with Crippen LogP contribution in [-0.4, -0.2) is 19.7 Å². The number of rotatable bonds is 7. The highest BCUT2D eigenvalue weighted by Gasteiger charge is 2.22. The molecule has 19 heavy (non-hydrogen) atoms. The van der Waals surface area contributed by atoms with E-state index in [1.54, 1.807) is 7.11 Å². The topological polar surface area (TPSA) is 21.3 Å². The van der Waals surface area contributed by atoms with Crippen LogP contribution in [0.15, 0.2) is 24.3 Å². The van der Waals surface area contributed by atoms with Crippen LogP contribution in [0.25, 0.3) is 0 Å². The Bertz CT molecular complexity index is 368. The summed E-state index contributed by atoms with van der Waals surface area (Å²) < 4.78 is 5.40. The average molecular weight is 263 g/mol. The Hall–Kier alpha value is -1.02. The van der Waals surface area contributed by atoms with Gasteiger partial charge >= 0.3 is 0 Å². The highest BCUT2D eigenvalue weighted by atomic mass is 16.5. The molecule has 1 aromatic carbocycles. The van der Waals surface area contributed by atoms with E-state index in [2.05, 4.69) is 45.1 Å². The smallest absolute Gasteiger partial charge is 0.122 e. The molecule has 108 valence electrons. The number of aryl methyl sites for hydroxylation is 1. The first kappa shape index (κ1) is 16.0. The van der Waals surface area contributed by atoms with Crippen LogP contribution in [0.3, 0.4) is 0 Å². The van der Waals surface area contributed by atoms with Gasteiger partial charge in [0, 0.05) is 6.04 Å². The molecule has 1 N–H and O–H groups in total. The lowest BCUT2D eigenvalue weighted by Gasteiger charge is -2.31. The van der Waals surface area contributed by atoms with Gasteiger partial charge in [-0.25, -0.2) is 0 Å².